The van der Waals surface area contributed by atoms with Crippen molar-refractivity contribution in [3.63, 3.8) is 0 Å². The van der Waals surface area contributed by atoms with Crippen LogP contribution in [-0.4, -0.2) is 23.7 Å². The Labute approximate surface area is 107 Å². The van der Waals surface area contributed by atoms with Crippen LogP contribution in [0.5, 0.6) is 0 Å². The standard InChI is InChI=1S/C13H20N2OS/c1-8-10(17-7-15-8)6-14-11-9-4-5-16-12(9)13(11,2)3/h7,9,11-12,14H,4-6H2,1-3H3/t9-,11-,12-/m1/s1. The Hall–Kier alpha value is -0.450. The average Bonchev–Trinajstić information content (AvgIpc) is 2.87. The largest absolute Gasteiger partial charge is 0.377 e. The zero-order chi connectivity index (χ0) is 12.0. The summed E-state index contributed by atoms with van der Waals surface area (Å²) in [5.74, 6) is 0.721. The van der Waals surface area contributed by atoms with Crippen molar-refractivity contribution in [3.8, 4) is 0 Å². The fraction of sp³-hybridized carbons (Fsp3) is 0.769. The van der Waals surface area contributed by atoms with Crippen molar-refractivity contribution in [3.05, 3.63) is 16.1 Å². The van der Waals surface area contributed by atoms with Crippen molar-refractivity contribution in [1.82, 2.24) is 10.3 Å². The second-order valence-electron chi connectivity index (χ2n) is 5.78. The monoisotopic (exact) mass is 252 g/mol. The van der Waals surface area contributed by atoms with E-state index in [4.69, 9.17) is 4.74 Å². The fourth-order valence-corrected chi connectivity index (χ4v) is 4.17. The Morgan fingerprint density at radius 3 is 3.12 bits per heavy atom. The lowest BCUT2D eigenvalue weighted by molar-refractivity contribution is -0.113. The zero-order valence-electron chi connectivity index (χ0n) is 10.7. The highest BCUT2D eigenvalue weighted by atomic mass is 32.1. The second kappa shape index (κ2) is 4.04. The van der Waals surface area contributed by atoms with Crippen LogP contribution in [0.3, 0.4) is 0 Å². The fourth-order valence-electron chi connectivity index (χ4n) is 3.44. The molecule has 0 radical (unpaired) electrons. The Morgan fingerprint density at radius 1 is 1.59 bits per heavy atom. The summed E-state index contributed by atoms with van der Waals surface area (Å²) >= 11 is 1.75. The minimum atomic E-state index is 0.278. The maximum absolute atomic E-state index is 5.81. The lowest BCUT2D eigenvalue weighted by Crippen LogP contribution is -2.65. The van der Waals surface area contributed by atoms with Crippen LogP contribution in [0, 0.1) is 18.3 Å². The van der Waals surface area contributed by atoms with Crippen LogP contribution in [0.15, 0.2) is 5.51 Å². The third kappa shape index (κ3) is 1.74. The average molecular weight is 252 g/mol. The molecule has 2 fully saturated rings. The van der Waals surface area contributed by atoms with Gasteiger partial charge in [-0.25, -0.2) is 4.98 Å². The van der Waals surface area contributed by atoms with Crippen LogP contribution in [0.1, 0.15) is 30.8 Å². The van der Waals surface area contributed by atoms with Crippen molar-refractivity contribution in [2.45, 2.75) is 45.9 Å². The second-order valence-corrected chi connectivity index (χ2v) is 6.72. The molecule has 2 aliphatic rings. The molecule has 1 N–H and O–H groups in total. The molecule has 0 spiro atoms. The summed E-state index contributed by atoms with van der Waals surface area (Å²) < 4.78 is 5.81. The Balaban J connectivity index is 1.64. The molecule has 1 saturated heterocycles. The molecule has 3 atom stereocenters. The molecule has 94 valence electrons. The number of hydrogen-bond acceptors (Lipinski definition) is 4. The number of fused-ring (bicyclic) bond motifs is 1. The molecular formula is C13H20N2OS. The van der Waals surface area contributed by atoms with Gasteiger partial charge in [0.15, 0.2) is 0 Å². The van der Waals surface area contributed by atoms with E-state index in [0.717, 1.165) is 19.1 Å². The van der Waals surface area contributed by atoms with Gasteiger partial charge in [-0.1, -0.05) is 13.8 Å². The Kier molecular flexibility index (Phi) is 2.76. The van der Waals surface area contributed by atoms with Gasteiger partial charge < -0.3 is 10.1 Å². The predicted molar refractivity (Wildman–Crippen MR) is 69.1 cm³/mol. The number of nitrogens with zero attached hydrogens (tertiary/aromatic N) is 1. The van der Waals surface area contributed by atoms with Gasteiger partial charge in [-0.2, -0.15) is 0 Å². The Bertz CT molecular complexity index is 415. The highest BCUT2D eigenvalue weighted by Gasteiger charge is 2.58. The summed E-state index contributed by atoms with van der Waals surface area (Å²) in [5, 5.41) is 3.71. The first-order chi connectivity index (χ1) is 8.10. The number of aromatic nitrogens is 1. The van der Waals surface area contributed by atoms with Gasteiger partial charge in [0.05, 0.1) is 17.3 Å². The third-order valence-corrected chi connectivity index (χ3v) is 5.36. The normalized spacial score (nSPS) is 34.4. The maximum Gasteiger partial charge on any atom is 0.0798 e. The van der Waals surface area contributed by atoms with E-state index in [1.807, 2.05) is 5.51 Å². The van der Waals surface area contributed by atoms with Crippen molar-refractivity contribution < 1.29 is 4.74 Å². The van der Waals surface area contributed by atoms with Gasteiger partial charge >= 0.3 is 0 Å². The van der Waals surface area contributed by atoms with Crippen molar-refractivity contribution in [1.29, 1.82) is 0 Å². The van der Waals surface area contributed by atoms with Crippen LogP contribution in [0.4, 0.5) is 0 Å². The van der Waals surface area contributed by atoms with Gasteiger partial charge in [0.2, 0.25) is 0 Å². The predicted octanol–water partition coefficient (Wildman–Crippen LogP) is 2.35. The summed E-state index contributed by atoms with van der Waals surface area (Å²) in [6, 6.07) is 0.594. The van der Waals surface area contributed by atoms with E-state index in [9.17, 15) is 0 Å². The quantitative estimate of drug-likeness (QED) is 0.896. The van der Waals surface area contributed by atoms with Crippen molar-refractivity contribution >= 4 is 11.3 Å². The molecule has 4 heteroatoms. The molecule has 0 unspecified atom stereocenters. The van der Waals surface area contributed by atoms with E-state index < -0.39 is 0 Å². The molecule has 0 aromatic carbocycles. The zero-order valence-corrected chi connectivity index (χ0v) is 11.5. The molecule has 0 bridgehead atoms. The summed E-state index contributed by atoms with van der Waals surface area (Å²) in [6.07, 6.45) is 1.69. The first-order valence-corrected chi connectivity index (χ1v) is 7.22. The lowest BCUT2D eigenvalue weighted by Gasteiger charge is -2.55. The SMILES string of the molecule is Cc1ncsc1CN[C@@H]1[C@H]2CCO[C@H]2C1(C)C. The van der Waals surface area contributed by atoms with E-state index in [2.05, 4.69) is 31.1 Å². The van der Waals surface area contributed by atoms with Crippen molar-refractivity contribution in [2.24, 2.45) is 11.3 Å². The molecule has 1 aromatic rings. The molecule has 2 heterocycles. The lowest BCUT2D eigenvalue weighted by atomic mass is 9.57. The number of thiazole rings is 1. The number of nitrogens with one attached hydrogen (secondary N) is 1. The summed E-state index contributed by atoms with van der Waals surface area (Å²) in [7, 11) is 0. The van der Waals surface area contributed by atoms with Crippen LogP contribution in [0.2, 0.25) is 0 Å². The van der Waals surface area contributed by atoms with Crippen LogP contribution in [0.25, 0.3) is 0 Å². The topological polar surface area (TPSA) is 34.2 Å². The van der Waals surface area contributed by atoms with E-state index in [1.54, 1.807) is 11.3 Å². The minimum absolute atomic E-state index is 0.278. The van der Waals surface area contributed by atoms with Gasteiger partial charge in [0.1, 0.15) is 0 Å². The summed E-state index contributed by atoms with van der Waals surface area (Å²) in [4.78, 5) is 5.66. The molecule has 17 heavy (non-hydrogen) atoms. The number of aryl methyl sites for hydroxylation is 1. The van der Waals surface area contributed by atoms with Crippen LogP contribution < -0.4 is 5.32 Å². The molecule has 3 rings (SSSR count). The minimum Gasteiger partial charge on any atom is -0.377 e. The summed E-state index contributed by atoms with van der Waals surface area (Å²) in [6.45, 7) is 8.61. The van der Waals surface area contributed by atoms with Gasteiger partial charge in [0, 0.05) is 35.4 Å². The molecule has 1 saturated carbocycles. The highest BCUT2D eigenvalue weighted by Crippen LogP contribution is 2.52. The van der Waals surface area contributed by atoms with Gasteiger partial charge in [0.25, 0.3) is 0 Å². The van der Waals surface area contributed by atoms with E-state index in [1.165, 1.54) is 17.0 Å². The smallest absolute Gasteiger partial charge is 0.0798 e. The summed E-state index contributed by atoms with van der Waals surface area (Å²) in [5.41, 5.74) is 3.37. The Morgan fingerprint density at radius 2 is 2.41 bits per heavy atom. The molecule has 0 amide bonds. The first-order valence-electron chi connectivity index (χ1n) is 6.34. The van der Waals surface area contributed by atoms with Crippen LogP contribution >= 0.6 is 11.3 Å². The molecule has 1 aliphatic carbocycles. The first kappa shape index (κ1) is 11.6. The molecular weight excluding hydrogens is 232 g/mol. The van der Waals surface area contributed by atoms with Gasteiger partial charge in [-0.05, 0) is 13.3 Å². The molecule has 1 aromatic heterocycles. The number of ether oxygens (including phenoxy) is 1. The van der Waals surface area contributed by atoms with E-state index >= 15 is 0 Å². The van der Waals surface area contributed by atoms with Gasteiger partial charge in [-0.15, -0.1) is 11.3 Å². The van der Waals surface area contributed by atoms with E-state index in [-0.39, 0.29) is 5.41 Å². The number of hydrogen-bond donors (Lipinski definition) is 1. The molecule has 3 nitrogen and oxygen atoms in total. The van der Waals surface area contributed by atoms with E-state index in [0.29, 0.717) is 12.1 Å². The maximum atomic E-state index is 5.81. The number of rotatable bonds is 3. The highest BCUT2D eigenvalue weighted by molar-refractivity contribution is 7.09. The third-order valence-electron chi connectivity index (χ3n) is 4.43. The molecule has 1 aliphatic heterocycles. The van der Waals surface area contributed by atoms with Crippen molar-refractivity contribution in [2.75, 3.05) is 6.61 Å². The van der Waals surface area contributed by atoms with Crippen LogP contribution in [-0.2, 0) is 11.3 Å². The van der Waals surface area contributed by atoms with Gasteiger partial charge in [-0.3, -0.25) is 0 Å².